The van der Waals surface area contributed by atoms with Gasteiger partial charge in [0.05, 0.1) is 10.3 Å². The third-order valence-corrected chi connectivity index (χ3v) is 6.23. The highest BCUT2D eigenvalue weighted by molar-refractivity contribution is 8.00. The number of hydrogen-bond donors (Lipinski definition) is 1. The zero-order chi connectivity index (χ0) is 19.8. The van der Waals surface area contributed by atoms with Crippen molar-refractivity contribution in [1.29, 1.82) is 0 Å². The van der Waals surface area contributed by atoms with E-state index in [1.807, 2.05) is 30.0 Å². The number of nitrogens with zero attached hydrogens (tertiary/aromatic N) is 4. The number of hydrogen-bond acceptors (Lipinski definition) is 5. The number of thioether (sulfide) groups is 1. The zero-order valence-electron chi connectivity index (χ0n) is 15.0. The second kappa shape index (κ2) is 7.66. The molecule has 0 unspecified atom stereocenters. The monoisotopic (exact) mass is 433 g/mol. The van der Waals surface area contributed by atoms with Crippen LogP contribution in [0.25, 0.3) is 11.4 Å². The van der Waals surface area contributed by atoms with Crippen LogP contribution in [0.4, 0.5) is 5.69 Å². The first-order valence-corrected chi connectivity index (χ1v) is 10.3. The minimum Gasteiger partial charge on any atom is -0.335 e. The molecule has 0 radical (unpaired) electrons. The van der Waals surface area contributed by atoms with Gasteiger partial charge in [-0.05, 0) is 43.2 Å². The molecule has 1 aromatic heterocycles. The van der Waals surface area contributed by atoms with Crippen LogP contribution in [-0.2, 0) is 11.2 Å². The smallest absolute Gasteiger partial charge is 0.240 e. The minimum absolute atomic E-state index is 0.0142. The summed E-state index contributed by atoms with van der Waals surface area (Å²) in [5.41, 5.74) is 2.75. The van der Waals surface area contributed by atoms with Crippen molar-refractivity contribution in [2.75, 3.05) is 17.3 Å². The molecule has 1 aliphatic heterocycles. The van der Waals surface area contributed by atoms with Gasteiger partial charge in [-0.15, -0.1) is 10.2 Å². The Bertz CT molecular complexity index is 1050. The molecule has 28 heavy (non-hydrogen) atoms. The summed E-state index contributed by atoms with van der Waals surface area (Å²) in [5.74, 6) is 6.58. The molecule has 2 heterocycles. The number of aromatic nitrogens is 3. The summed E-state index contributed by atoms with van der Waals surface area (Å²) in [6, 6.07) is 13.0. The van der Waals surface area contributed by atoms with Gasteiger partial charge >= 0.3 is 0 Å². The van der Waals surface area contributed by atoms with Gasteiger partial charge in [-0.3, -0.25) is 4.79 Å². The third kappa shape index (κ3) is 3.45. The van der Waals surface area contributed by atoms with Crippen molar-refractivity contribution in [3.8, 4) is 11.4 Å². The molecule has 1 aliphatic rings. The Morgan fingerprint density at radius 2 is 2.00 bits per heavy atom. The molecule has 0 saturated carbocycles. The zero-order valence-corrected chi connectivity index (χ0v) is 17.3. The van der Waals surface area contributed by atoms with Gasteiger partial charge in [0, 0.05) is 22.8 Å². The number of halogens is 2. The van der Waals surface area contributed by atoms with Crippen LogP contribution >= 0.6 is 35.0 Å². The molecule has 0 aliphatic carbocycles. The first-order valence-electron chi connectivity index (χ1n) is 8.67. The normalized spacial score (nSPS) is 14.2. The van der Waals surface area contributed by atoms with Crippen molar-refractivity contribution in [3.05, 3.63) is 58.1 Å². The van der Waals surface area contributed by atoms with Gasteiger partial charge in [0.25, 0.3) is 0 Å². The number of fused-ring (bicyclic) bond motifs is 1. The van der Waals surface area contributed by atoms with Crippen molar-refractivity contribution in [3.63, 3.8) is 0 Å². The van der Waals surface area contributed by atoms with Crippen molar-refractivity contribution < 1.29 is 4.79 Å². The van der Waals surface area contributed by atoms with Gasteiger partial charge in [-0.2, -0.15) is 0 Å². The van der Waals surface area contributed by atoms with Crippen LogP contribution in [0.2, 0.25) is 10.0 Å². The molecular weight excluding hydrogens is 417 g/mol. The first-order chi connectivity index (χ1) is 13.5. The molecule has 144 valence electrons. The van der Waals surface area contributed by atoms with Gasteiger partial charge in [-0.1, -0.05) is 53.2 Å². The van der Waals surface area contributed by atoms with Gasteiger partial charge < -0.3 is 10.7 Å². The van der Waals surface area contributed by atoms with Crippen molar-refractivity contribution >= 4 is 46.6 Å². The Balaban J connectivity index is 1.54. The molecule has 9 heteroatoms. The number of para-hydroxylation sites is 1. The molecule has 2 aromatic carbocycles. The molecule has 4 rings (SSSR count). The maximum atomic E-state index is 13.0. The number of carbonyl (C=O) groups excluding carboxylic acids is 1. The number of nitrogen functional groups attached to an aromatic ring is 1. The van der Waals surface area contributed by atoms with Crippen LogP contribution in [-0.4, -0.2) is 32.6 Å². The minimum atomic E-state index is -0.375. The van der Waals surface area contributed by atoms with E-state index < -0.39 is 0 Å². The topological polar surface area (TPSA) is 77.0 Å². The molecule has 3 aromatic rings. The molecule has 2 N–H and O–H groups in total. The van der Waals surface area contributed by atoms with E-state index in [0.29, 0.717) is 33.1 Å². The van der Waals surface area contributed by atoms with Gasteiger partial charge in [0.2, 0.25) is 11.1 Å². The molecule has 1 atom stereocenters. The Kier molecular flexibility index (Phi) is 5.23. The predicted molar refractivity (Wildman–Crippen MR) is 113 cm³/mol. The van der Waals surface area contributed by atoms with E-state index in [0.717, 1.165) is 12.1 Å². The highest BCUT2D eigenvalue weighted by Crippen LogP contribution is 2.33. The molecule has 0 bridgehead atoms. The fourth-order valence-electron chi connectivity index (χ4n) is 3.21. The van der Waals surface area contributed by atoms with Crippen LogP contribution in [0.3, 0.4) is 0 Å². The largest absolute Gasteiger partial charge is 0.335 e. The van der Waals surface area contributed by atoms with E-state index in [4.69, 9.17) is 29.0 Å². The van der Waals surface area contributed by atoms with E-state index >= 15 is 0 Å². The third-order valence-electron chi connectivity index (χ3n) is 4.62. The SMILES string of the molecule is C[C@H](Sc1nnc(-c2cc(Cl)ccc2Cl)n1N)C(=O)N1CCc2ccccc21. The van der Waals surface area contributed by atoms with Crippen LogP contribution in [0.5, 0.6) is 0 Å². The summed E-state index contributed by atoms with van der Waals surface area (Å²) in [5, 5.41) is 9.31. The quantitative estimate of drug-likeness (QED) is 0.496. The Labute approximate surface area is 176 Å². The highest BCUT2D eigenvalue weighted by Gasteiger charge is 2.29. The summed E-state index contributed by atoms with van der Waals surface area (Å²) >= 11 is 13.6. The number of nitrogens with two attached hydrogens (primary N) is 1. The molecule has 1 amide bonds. The van der Waals surface area contributed by atoms with E-state index in [-0.39, 0.29) is 11.2 Å². The maximum Gasteiger partial charge on any atom is 0.240 e. The number of benzene rings is 2. The molecule has 6 nitrogen and oxygen atoms in total. The van der Waals surface area contributed by atoms with Gasteiger partial charge in [-0.25, -0.2) is 4.68 Å². The van der Waals surface area contributed by atoms with Crippen LogP contribution in [0, 0.1) is 0 Å². The van der Waals surface area contributed by atoms with Crippen LogP contribution in [0.1, 0.15) is 12.5 Å². The fourth-order valence-corrected chi connectivity index (χ4v) is 4.41. The number of carbonyl (C=O) groups is 1. The molecule has 0 saturated heterocycles. The average Bonchev–Trinajstić information content (AvgIpc) is 3.27. The molecule has 0 fully saturated rings. The molecular formula is C19H17Cl2N5OS. The fraction of sp³-hybridized carbons (Fsp3) is 0.211. The summed E-state index contributed by atoms with van der Waals surface area (Å²) < 4.78 is 1.34. The first kappa shape index (κ1) is 19.1. The highest BCUT2D eigenvalue weighted by atomic mass is 35.5. The number of rotatable bonds is 4. The second-order valence-electron chi connectivity index (χ2n) is 6.43. The maximum absolute atomic E-state index is 13.0. The predicted octanol–water partition coefficient (Wildman–Crippen LogP) is 4.04. The lowest BCUT2D eigenvalue weighted by Gasteiger charge is -2.21. The number of amides is 1. The van der Waals surface area contributed by atoms with Crippen molar-refractivity contribution in [2.24, 2.45) is 0 Å². The Morgan fingerprint density at radius 3 is 2.82 bits per heavy atom. The Morgan fingerprint density at radius 1 is 1.21 bits per heavy atom. The van der Waals surface area contributed by atoms with Crippen molar-refractivity contribution in [2.45, 2.75) is 23.8 Å². The summed E-state index contributed by atoms with van der Waals surface area (Å²) in [6.07, 6.45) is 0.865. The molecule has 0 spiro atoms. The van der Waals surface area contributed by atoms with Crippen LogP contribution < -0.4 is 10.7 Å². The standard InChI is InChI=1S/C19H17Cl2N5OS/c1-11(18(27)25-9-8-12-4-2-3-5-16(12)25)28-19-24-23-17(26(19)22)14-10-13(20)6-7-15(14)21/h2-7,10-11H,8-9,22H2,1H3/t11-/m0/s1. The van der Waals surface area contributed by atoms with Gasteiger partial charge in [0.1, 0.15) is 0 Å². The second-order valence-corrected chi connectivity index (χ2v) is 8.58. The average molecular weight is 434 g/mol. The van der Waals surface area contributed by atoms with Crippen LogP contribution in [0.15, 0.2) is 47.6 Å². The lowest BCUT2D eigenvalue weighted by Crippen LogP contribution is -2.35. The number of anilines is 1. The summed E-state index contributed by atoms with van der Waals surface area (Å²) in [7, 11) is 0. The van der Waals surface area contributed by atoms with Gasteiger partial charge in [0.15, 0.2) is 5.82 Å². The van der Waals surface area contributed by atoms with E-state index in [9.17, 15) is 4.79 Å². The van der Waals surface area contributed by atoms with Crippen molar-refractivity contribution in [1.82, 2.24) is 14.9 Å². The van der Waals surface area contributed by atoms with E-state index in [2.05, 4.69) is 16.3 Å². The summed E-state index contributed by atoms with van der Waals surface area (Å²) in [4.78, 5) is 14.8. The lowest BCUT2D eigenvalue weighted by atomic mass is 10.2. The lowest BCUT2D eigenvalue weighted by molar-refractivity contribution is -0.117. The summed E-state index contributed by atoms with van der Waals surface area (Å²) in [6.45, 7) is 2.52. The van der Waals surface area contributed by atoms with E-state index in [1.165, 1.54) is 22.0 Å². The van der Waals surface area contributed by atoms with E-state index in [1.54, 1.807) is 18.2 Å². The Hall–Kier alpha value is -2.22.